The minimum Gasteiger partial charge on any atom is -0.476 e. The van der Waals surface area contributed by atoms with Gasteiger partial charge < -0.3 is 5.11 Å². The first-order valence-electron chi connectivity index (χ1n) is 6.47. The van der Waals surface area contributed by atoms with E-state index in [0.717, 1.165) is 16.2 Å². The molecule has 0 spiro atoms. The van der Waals surface area contributed by atoms with Crippen LogP contribution in [0.15, 0.2) is 29.6 Å². The Labute approximate surface area is 129 Å². The quantitative estimate of drug-likeness (QED) is 0.783. The largest absolute Gasteiger partial charge is 0.476 e. The smallest absolute Gasteiger partial charge is 0.358 e. The van der Waals surface area contributed by atoms with Crippen molar-refractivity contribution in [3.8, 4) is 10.6 Å². The highest BCUT2D eigenvalue weighted by Crippen LogP contribution is 2.28. The van der Waals surface area contributed by atoms with E-state index in [1.165, 1.54) is 16.2 Å². The summed E-state index contributed by atoms with van der Waals surface area (Å²) in [4.78, 5) is 14.6. The number of aryl methyl sites for hydroxylation is 1. The lowest BCUT2D eigenvalue weighted by atomic mass is 10.2. The summed E-state index contributed by atoms with van der Waals surface area (Å²) in [6.07, 6.45) is 1.00. The van der Waals surface area contributed by atoms with E-state index in [1.807, 2.05) is 17.5 Å². The van der Waals surface area contributed by atoms with Gasteiger partial charge in [0.05, 0.1) is 11.4 Å². The van der Waals surface area contributed by atoms with Crippen molar-refractivity contribution in [3.05, 3.63) is 45.1 Å². The summed E-state index contributed by atoms with van der Waals surface area (Å²) in [5.74, 6) is -1.05. The Morgan fingerprint density at radius 1 is 1.33 bits per heavy atom. The van der Waals surface area contributed by atoms with E-state index in [2.05, 4.69) is 29.4 Å². The maximum absolute atomic E-state index is 11.3. The second kappa shape index (κ2) is 5.79. The average Bonchev–Trinajstić information content (AvgIpc) is 3.18. The molecule has 1 N–H and O–H groups in total. The van der Waals surface area contributed by atoms with Crippen LogP contribution in [0.5, 0.6) is 0 Å². The van der Waals surface area contributed by atoms with E-state index < -0.39 is 5.97 Å². The molecule has 21 heavy (non-hydrogen) atoms. The molecule has 0 aliphatic rings. The molecule has 0 aliphatic carbocycles. The van der Waals surface area contributed by atoms with Gasteiger partial charge in [0.15, 0.2) is 5.69 Å². The Kier molecular flexibility index (Phi) is 3.85. The zero-order chi connectivity index (χ0) is 14.8. The van der Waals surface area contributed by atoms with Crippen molar-refractivity contribution >= 4 is 28.6 Å². The molecule has 3 aromatic heterocycles. The zero-order valence-electron chi connectivity index (χ0n) is 11.3. The molecule has 0 bridgehead atoms. The van der Waals surface area contributed by atoms with Gasteiger partial charge in [0, 0.05) is 9.75 Å². The predicted octanol–water partition coefficient (Wildman–Crippen LogP) is 3.38. The van der Waals surface area contributed by atoms with Gasteiger partial charge in [-0.1, -0.05) is 18.2 Å². The highest BCUT2D eigenvalue weighted by Gasteiger charge is 2.21. The number of carboxylic acid groups (broad SMARTS) is 1. The van der Waals surface area contributed by atoms with Gasteiger partial charge in [0.25, 0.3) is 0 Å². The second-order valence-electron chi connectivity index (χ2n) is 4.45. The van der Waals surface area contributed by atoms with Gasteiger partial charge in [-0.15, -0.1) is 27.8 Å². The topological polar surface area (TPSA) is 68.0 Å². The van der Waals surface area contributed by atoms with Crippen LogP contribution in [-0.4, -0.2) is 26.1 Å². The highest BCUT2D eigenvalue weighted by molar-refractivity contribution is 7.13. The van der Waals surface area contributed by atoms with Gasteiger partial charge in [-0.05, 0) is 30.0 Å². The van der Waals surface area contributed by atoms with Crippen LogP contribution in [0.4, 0.5) is 0 Å². The van der Waals surface area contributed by atoms with Crippen LogP contribution >= 0.6 is 22.7 Å². The second-order valence-corrected chi connectivity index (χ2v) is 6.65. The molecule has 0 aromatic carbocycles. The van der Waals surface area contributed by atoms with Gasteiger partial charge >= 0.3 is 5.97 Å². The number of carboxylic acids is 1. The molecule has 0 saturated heterocycles. The fourth-order valence-electron chi connectivity index (χ4n) is 2.07. The Balaban J connectivity index is 2.00. The summed E-state index contributed by atoms with van der Waals surface area (Å²) >= 11 is 3.20. The monoisotopic (exact) mass is 319 g/mol. The van der Waals surface area contributed by atoms with Gasteiger partial charge in [-0.2, -0.15) is 0 Å². The Hall–Kier alpha value is -1.99. The maximum Gasteiger partial charge on any atom is 0.358 e. The Morgan fingerprint density at radius 3 is 2.76 bits per heavy atom. The zero-order valence-corrected chi connectivity index (χ0v) is 12.9. The molecule has 3 aromatic rings. The molecule has 0 amide bonds. The molecule has 3 heterocycles. The first-order chi connectivity index (χ1) is 10.2. The summed E-state index contributed by atoms with van der Waals surface area (Å²) in [6.45, 7) is 2.66. The van der Waals surface area contributed by atoms with Crippen molar-refractivity contribution in [2.24, 2.45) is 0 Å². The molecule has 0 unspecified atom stereocenters. The van der Waals surface area contributed by atoms with Crippen LogP contribution < -0.4 is 0 Å². The summed E-state index contributed by atoms with van der Waals surface area (Å²) in [5, 5.41) is 19.0. The van der Waals surface area contributed by atoms with Crippen molar-refractivity contribution < 1.29 is 9.90 Å². The molecule has 0 aliphatic heterocycles. The first kappa shape index (κ1) is 14.0. The molecule has 7 heteroatoms. The maximum atomic E-state index is 11.3. The number of aromatic nitrogens is 3. The third kappa shape index (κ3) is 2.74. The molecule has 0 atom stereocenters. The summed E-state index contributed by atoms with van der Waals surface area (Å²) in [6, 6.07) is 7.94. The minimum atomic E-state index is -1.05. The van der Waals surface area contributed by atoms with Crippen LogP contribution in [-0.2, 0) is 13.0 Å². The van der Waals surface area contributed by atoms with Crippen LogP contribution in [0.25, 0.3) is 10.6 Å². The number of rotatable bonds is 5. The number of thiophene rings is 2. The van der Waals surface area contributed by atoms with Gasteiger partial charge in [0.2, 0.25) is 0 Å². The third-order valence-corrected chi connectivity index (χ3v) is 5.15. The van der Waals surface area contributed by atoms with Crippen molar-refractivity contribution in [3.63, 3.8) is 0 Å². The first-order valence-corrected chi connectivity index (χ1v) is 8.17. The van der Waals surface area contributed by atoms with E-state index in [4.69, 9.17) is 0 Å². The van der Waals surface area contributed by atoms with E-state index >= 15 is 0 Å². The van der Waals surface area contributed by atoms with Crippen LogP contribution in [0.1, 0.15) is 27.2 Å². The third-order valence-electron chi connectivity index (χ3n) is 3.06. The Bertz CT molecular complexity index is 759. The number of hydrogen-bond acceptors (Lipinski definition) is 5. The van der Waals surface area contributed by atoms with E-state index in [1.54, 1.807) is 16.0 Å². The van der Waals surface area contributed by atoms with Crippen LogP contribution in [0.3, 0.4) is 0 Å². The molecule has 5 nitrogen and oxygen atoms in total. The molecule has 0 radical (unpaired) electrons. The van der Waals surface area contributed by atoms with E-state index in [9.17, 15) is 9.90 Å². The molecule has 0 saturated carbocycles. The normalized spacial score (nSPS) is 10.9. The fraction of sp³-hybridized carbons (Fsp3) is 0.214. The molecule has 0 fully saturated rings. The Morgan fingerprint density at radius 2 is 2.14 bits per heavy atom. The molecular formula is C14H13N3O2S2. The number of aromatic carboxylic acids is 1. The average molecular weight is 319 g/mol. The van der Waals surface area contributed by atoms with Crippen molar-refractivity contribution in [2.75, 3.05) is 0 Å². The van der Waals surface area contributed by atoms with E-state index in [-0.39, 0.29) is 5.69 Å². The predicted molar refractivity (Wildman–Crippen MR) is 83.1 cm³/mol. The van der Waals surface area contributed by atoms with E-state index in [0.29, 0.717) is 12.2 Å². The SMILES string of the molecule is CCc1ccc(Cn2nnc(C(=O)O)c2-c2cccs2)s1. The lowest BCUT2D eigenvalue weighted by molar-refractivity contribution is 0.0691. The van der Waals surface area contributed by atoms with Crippen molar-refractivity contribution in [1.29, 1.82) is 0 Å². The molecule has 3 rings (SSSR count). The number of carbonyl (C=O) groups is 1. The standard InChI is InChI=1S/C14H13N3O2S2/c1-2-9-5-6-10(21-9)8-17-13(11-4-3-7-20-11)12(14(18)19)15-16-17/h3-7H,2,8H2,1H3,(H,18,19). The lowest BCUT2D eigenvalue weighted by Gasteiger charge is -2.03. The van der Waals surface area contributed by atoms with Gasteiger partial charge in [0.1, 0.15) is 5.69 Å². The van der Waals surface area contributed by atoms with Gasteiger partial charge in [-0.3, -0.25) is 0 Å². The minimum absolute atomic E-state index is 0.00437. The van der Waals surface area contributed by atoms with Crippen molar-refractivity contribution in [2.45, 2.75) is 19.9 Å². The lowest BCUT2D eigenvalue weighted by Crippen LogP contribution is -2.04. The fourth-order valence-corrected chi connectivity index (χ4v) is 3.78. The highest BCUT2D eigenvalue weighted by atomic mass is 32.1. The number of nitrogens with zero attached hydrogens (tertiary/aromatic N) is 3. The summed E-state index contributed by atoms with van der Waals surface area (Å²) in [5.41, 5.74) is 0.577. The van der Waals surface area contributed by atoms with Gasteiger partial charge in [-0.25, -0.2) is 9.48 Å². The van der Waals surface area contributed by atoms with Crippen LogP contribution in [0, 0.1) is 0 Å². The van der Waals surface area contributed by atoms with Crippen molar-refractivity contribution in [1.82, 2.24) is 15.0 Å². The summed E-state index contributed by atoms with van der Waals surface area (Å²) < 4.78 is 1.67. The summed E-state index contributed by atoms with van der Waals surface area (Å²) in [7, 11) is 0. The molecular weight excluding hydrogens is 306 g/mol. The van der Waals surface area contributed by atoms with Crippen LogP contribution in [0.2, 0.25) is 0 Å². The number of hydrogen-bond donors (Lipinski definition) is 1. The molecule has 108 valence electrons.